The SMILES string of the molecule is CC(C)c1cc(Br)ccc1Oc1cccc(C(F)(F)F)n1. The van der Waals surface area contributed by atoms with Crippen LogP contribution in [0, 0.1) is 0 Å². The molecule has 1 aromatic heterocycles. The van der Waals surface area contributed by atoms with Crippen molar-refractivity contribution in [3.8, 4) is 11.6 Å². The van der Waals surface area contributed by atoms with Crippen LogP contribution >= 0.6 is 15.9 Å². The van der Waals surface area contributed by atoms with Gasteiger partial charge in [-0.05, 0) is 35.7 Å². The van der Waals surface area contributed by atoms with Gasteiger partial charge in [0.1, 0.15) is 11.4 Å². The second-order valence-corrected chi connectivity index (χ2v) is 5.71. The quantitative estimate of drug-likeness (QED) is 0.692. The molecule has 0 saturated carbocycles. The number of ether oxygens (including phenoxy) is 1. The summed E-state index contributed by atoms with van der Waals surface area (Å²) in [7, 11) is 0. The van der Waals surface area contributed by atoms with Gasteiger partial charge in [-0.3, -0.25) is 0 Å². The molecule has 0 bridgehead atoms. The molecular weight excluding hydrogens is 347 g/mol. The molecule has 0 N–H and O–H groups in total. The second kappa shape index (κ2) is 6.05. The zero-order chi connectivity index (χ0) is 15.6. The molecule has 112 valence electrons. The maximum atomic E-state index is 12.6. The van der Waals surface area contributed by atoms with E-state index in [-0.39, 0.29) is 11.8 Å². The Kier molecular flexibility index (Phi) is 4.56. The van der Waals surface area contributed by atoms with Crippen LogP contribution in [0.25, 0.3) is 0 Å². The van der Waals surface area contributed by atoms with Crippen LogP contribution in [0.15, 0.2) is 40.9 Å². The Labute approximate surface area is 129 Å². The van der Waals surface area contributed by atoms with E-state index in [9.17, 15) is 13.2 Å². The van der Waals surface area contributed by atoms with Crippen molar-refractivity contribution in [2.24, 2.45) is 0 Å². The third-order valence-electron chi connectivity index (χ3n) is 2.82. The summed E-state index contributed by atoms with van der Waals surface area (Å²) in [5.41, 5.74) is -0.0770. The third kappa shape index (κ3) is 3.97. The molecule has 2 aromatic rings. The first kappa shape index (κ1) is 15.8. The lowest BCUT2D eigenvalue weighted by molar-refractivity contribution is -0.141. The summed E-state index contributed by atoms with van der Waals surface area (Å²) in [6.07, 6.45) is -4.49. The van der Waals surface area contributed by atoms with Gasteiger partial charge in [0.05, 0.1) is 0 Å². The number of aromatic nitrogens is 1. The Bertz CT molecular complexity index is 641. The topological polar surface area (TPSA) is 22.1 Å². The highest BCUT2D eigenvalue weighted by molar-refractivity contribution is 9.10. The normalized spacial score (nSPS) is 11.8. The molecule has 0 amide bonds. The molecule has 2 nitrogen and oxygen atoms in total. The number of hydrogen-bond donors (Lipinski definition) is 0. The molecule has 2 rings (SSSR count). The molecule has 6 heteroatoms. The van der Waals surface area contributed by atoms with Crippen LogP contribution in [0.5, 0.6) is 11.6 Å². The third-order valence-corrected chi connectivity index (χ3v) is 3.32. The Hall–Kier alpha value is -1.56. The number of rotatable bonds is 3. The molecule has 0 aliphatic heterocycles. The highest BCUT2D eigenvalue weighted by Crippen LogP contribution is 2.34. The van der Waals surface area contributed by atoms with E-state index in [2.05, 4.69) is 20.9 Å². The summed E-state index contributed by atoms with van der Waals surface area (Å²) in [6.45, 7) is 3.96. The number of hydrogen-bond acceptors (Lipinski definition) is 2. The Morgan fingerprint density at radius 1 is 1.14 bits per heavy atom. The number of nitrogens with zero attached hydrogens (tertiary/aromatic N) is 1. The second-order valence-electron chi connectivity index (χ2n) is 4.80. The molecule has 0 aliphatic carbocycles. The molecule has 1 heterocycles. The first-order valence-electron chi connectivity index (χ1n) is 6.29. The lowest BCUT2D eigenvalue weighted by Gasteiger charge is -2.14. The molecule has 1 aromatic carbocycles. The van der Waals surface area contributed by atoms with E-state index in [1.807, 2.05) is 19.9 Å². The average molecular weight is 360 g/mol. The summed E-state index contributed by atoms with van der Waals surface area (Å²) in [4.78, 5) is 3.50. The summed E-state index contributed by atoms with van der Waals surface area (Å²) >= 11 is 3.37. The Balaban J connectivity index is 2.35. The number of alkyl halides is 3. The van der Waals surface area contributed by atoms with Gasteiger partial charge in [-0.2, -0.15) is 13.2 Å². The lowest BCUT2D eigenvalue weighted by atomic mass is 10.0. The molecule has 0 saturated heterocycles. The van der Waals surface area contributed by atoms with Crippen molar-refractivity contribution >= 4 is 15.9 Å². The van der Waals surface area contributed by atoms with E-state index in [1.165, 1.54) is 12.1 Å². The van der Waals surface area contributed by atoms with Crippen LogP contribution in [-0.2, 0) is 6.18 Å². The van der Waals surface area contributed by atoms with Gasteiger partial charge in [0, 0.05) is 10.5 Å². The molecule has 0 radical (unpaired) electrons. The molecule has 0 atom stereocenters. The summed E-state index contributed by atoms with van der Waals surface area (Å²) in [5, 5.41) is 0. The van der Waals surface area contributed by atoms with Gasteiger partial charge in [0.2, 0.25) is 5.88 Å². The highest BCUT2D eigenvalue weighted by Gasteiger charge is 2.32. The van der Waals surface area contributed by atoms with Crippen molar-refractivity contribution in [3.63, 3.8) is 0 Å². The summed E-state index contributed by atoms with van der Waals surface area (Å²) in [6, 6.07) is 8.96. The van der Waals surface area contributed by atoms with Crippen molar-refractivity contribution in [3.05, 3.63) is 52.1 Å². The van der Waals surface area contributed by atoms with Crippen LogP contribution < -0.4 is 4.74 Å². The fourth-order valence-corrected chi connectivity index (χ4v) is 2.18. The molecule has 0 unspecified atom stereocenters. The van der Waals surface area contributed by atoms with Crippen molar-refractivity contribution in [1.29, 1.82) is 0 Å². The Morgan fingerprint density at radius 2 is 1.86 bits per heavy atom. The van der Waals surface area contributed by atoms with E-state index in [4.69, 9.17) is 4.74 Å². The standard InChI is InChI=1S/C15H13BrF3NO/c1-9(2)11-8-10(16)6-7-12(11)21-14-5-3-4-13(20-14)15(17,18)19/h3-9H,1-2H3. The van der Waals surface area contributed by atoms with Crippen LogP contribution in [0.4, 0.5) is 13.2 Å². The van der Waals surface area contributed by atoms with Gasteiger partial charge in [0.15, 0.2) is 0 Å². The largest absolute Gasteiger partial charge is 0.439 e. The lowest BCUT2D eigenvalue weighted by Crippen LogP contribution is -2.08. The Morgan fingerprint density at radius 3 is 2.48 bits per heavy atom. The molecule has 0 fully saturated rings. The maximum absolute atomic E-state index is 12.6. The van der Waals surface area contributed by atoms with Crippen molar-refractivity contribution in [1.82, 2.24) is 4.98 Å². The smallest absolute Gasteiger partial charge is 0.433 e. The fourth-order valence-electron chi connectivity index (χ4n) is 1.81. The molecule has 0 spiro atoms. The van der Waals surface area contributed by atoms with Gasteiger partial charge >= 0.3 is 6.18 Å². The number of benzene rings is 1. The molecule has 21 heavy (non-hydrogen) atoms. The minimum absolute atomic E-state index is 0.0750. The monoisotopic (exact) mass is 359 g/mol. The first-order chi connectivity index (χ1) is 9.77. The number of halogens is 4. The van der Waals surface area contributed by atoms with E-state index >= 15 is 0 Å². The van der Waals surface area contributed by atoms with E-state index in [0.29, 0.717) is 5.75 Å². The van der Waals surface area contributed by atoms with Crippen molar-refractivity contribution in [2.45, 2.75) is 25.9 Å². The zero-order valence-electron chi connectivity index (χ0n) is 11.4. The molecule has 0 aliphatic rings. The summed E-state index contributed by atoms with van der Waals surface area (Å²) < 4.78 is 44.3. The average Bonchev–Trinajstić information content (AvgIpc) is 2.40. The fraction of sp³-hybridized carbons (Fsp3) is 0.267. The van der Waals surface area contributed by atoms with Crippen LogP contribution in [-0.4, -0.2) is 4.98 Å². The minimum atomic E-state index is -4.49. The van der Waals surface area contributed by atoms with Crippen LogP contribution in [0.3, 0.4) is 0 Å². The van der Waals surface area contributed by atoms with Gasteiger partial charge in [-0.1, -0.05) is 35.8 Å². The maximum Gasteiger partial charge on any atom is 0.433 e. The van der Waals surface area contributed by atoms with E-state index in [0.717, 1.165) is 16.1 Å². The predicted octanol–water partition coefficient (Wildman–Crippen LogP) is 5.78. The number of pyridine rings is 1. The van der Waals surface area contributed by atoms with Gasteiger partial charge in [-0.25, -0.2) is 4.98 Å². The zero-order valence-corrected chi connectivity index (χ0v) is 13.0. The van der Waals surface area contributed by atoms with Crippen LogP contribution in [0.1, 0.15) is 31.0 Å². The molecular formula is C15H13BrF3NO. The van der Waals surface area contributed by atoms with Gasteiger partial charge in [-0.15, -0.1) is 0 Å². The van der Waals surface area contributed by atoms with Crippen LogP contribution in [0.2, 0.25) is 0 Å². The summed E-state index contributed by atoms with van der Waals surface area (Å²) in [5.74, 6) is 0.595. The van der Waals surface area contributed by atoms with Crippen molar-refractivity contribution < 1.29 is 17.9 Å². The van der Waals surface area contributed by atoms with Gasteiger partial charge < -0.3 is 4.74 Å². The highest BCUT2D eigenvalue weighted by atomic mass is 79.9. The van der Waals surface area contributed by atoms with E-state index < -0.39 is 11.9 Å². The van der Waals surface area contributed by atoms with E-state index in [1.54, 1.807) is 12.1 Å². The minimum Gasteiger partial charge on any atom is -0.439 e. The van der Waals surface area contributed by atoms with Crippen molar-refractivity contribution in [2.75, 3.05) is 0 Å². The van der Waals surface area contributed by atoms with Gasteiger partial charge in [0.25, 0.3) is 0 Å². The predicted molar refractivity (Wildman–Crippen MR) is 77.5 cm³/mol. The first-order valence-corrected chi connectivity index (χ1v) is 7.08.